The molecule has 1 aromatic heterocycles. The minimum atomic E-state index is -0.0909. The lowest BCUT2D eigenvalue weighted by atomic mass is 9.96. The van der Waals surface area contributed by atoms with Gasteiger partial charge in [0.15, 0.2) is 11.5 Å². The van der Waals surface area contributed by atoms with Gasteiger partial charge in [-0.15, -0.1) is 0 Å². The van der Waals surface area contributed by atoms with E-state index in [4.69, 9.17) is 14.5 Å². The second-order valence-electron chi connectivity index (χ2n) is 6.78. The van der Waals surface area contributed by atoms with Gasteiger partial charge in [0, 0.05) is 25.7 Å². The van der Waals surface area contributed by atoms with Gasteiger partial charge < -0.3 is 9.47 Å². The van der Waals surface area contributed by atoms with Gasteiger partial charge in [0.2, 0.25) is 0 Å². The summed E-state index contributed by atoms with van der Waals surface area (Å²) in [5.41, 5.74) is 2.34. The van der Waals surface area contributed by atoms with E-state index in [2.05, 4.69) is 0 Å². The van der Waals surface area contributed by atoms with E-state index >= 15 is 0 Å². The summed E-state index contributed by atoms with van der Waals surface area (Å²) in [6.45, 7) is 0. The average molecular weight is 357 g/mol. The van der Waals surface area contributed by atoms with E-state index in [0.717, 1.165) is 29.6 Å². The maximum absolute atomic E-state index is 12.7. The average Bonchev–Trinajstić information content (AvgIpc) is 2.68. The highest BCUT2D eigenvalue weighted by molar-refractivity contribution is 5.64. The quantitative estimate of drug-likeness (QED) is 0.845. The summed E-state index contributed by atoms with van der Waals surface area (Å²) in [4.78, 5) is 17.6. The molecule has 1 heterocycles. The summed E-state index contributed by atoms with van der Waals surface area (Å²) >= 11 is 0. The Morgan fingerprint density at radius 2 is 1.65 bits per heavy atom. The molecule has 0 amide bonds. The highest BCUT2D eigenvalue weighted by atomic mass is 16.5. The maximum Gasteiger partial charge on any atom is 0.329 e. The fourth-order valence-corrected chi connectivity index (χ4v) is 3.54. The lowest BCUT2D eigenvalue weighted by molar-refractivity contribution is 0.355. The molecule has 6 heteroatoms. The number of rotatable bonds is 4. The number of ether oxygens (including phenoxy) is 2. The van der Waals surface area contributed by atoms with Crippen molar-refractivity contribution in [3.8, 4) is 22.8 Å². The van der Waals surface area contributed by atoms with Crippen molar-refractivity contribution in [1.82, 2.24) is 9.13 Å². The minimum Gasteiger partial charge on any atom is -0.493 e. The summed E-state index contributed by atoms with van der Waals surface area (Å²) in [7, 11) is 6.77. The molecule has 3 rings (SSSR count). The zero-order valence-corrected chi connectivity index (χ0v) is 16.0. The van der Waals surface area contributed by atoms with Gasteiger partial charge >= 0.3 is 5.69 Å². The lowest BCUT2D eigenvalue weighted by Gasteiger charge is -2.18. The fraction of sp³-hybridized carbons (Fsp3) is 0.500. The van der Waals surface area contributed by atoms with Crippen molar-refractivity contribution in [2.45, 2.75) is 38.1 Å². The number of hydrogen-bond donors (Lipinski definition) is 0. The molecule has 0 aliphatic heterocycles. The summed E-state index contributed by atoms with van der Waals surface area (Å²) < 4.78 is 14.0. The van der Waals surface area contributed by atoms with Crippen LogP contribution in [0.4, 0.5) is 0 Å². The summed E-state index contributed by atoms with van der Waals surface area (Å²) in [6.07, 6.45) is 5.91. The second kappa shape index (κ2) is 7.81. The summed E-state index contributed by atoms with van der Waals surface area (Å²) in [5.74, 6) is 1.30. The monoisotopic (exact) mass is 357 g/mol. The molecule has 0 atom stereocenters. The van der Waals surface area contributed by atoms with Crippen LogP contribution >= 0.6 is 0 Å². The maximum atomic E-state index is 12.7. The molecule has 0 spiro atoms. The Hall–Kier alpha value is -2.50. The van der Waals surface area contributed by atoms with Gasteiger partial charge in [0.1, 0.15) is 5.49 Å². The van der Waals surface area contributed by atoms with E-state index in [0.29, 0.717) is 17.5 Å². The molecule has 1 aromatic carbocycles. The lowest BCUT2D eigenvalue weighted by Crippen LogP contribution is -2.38. The van der Waals surface area contributed by atoms with Crippen LogP contribution in [0.25, 0.3) is 11.3 Å². The van der Waals surface area contributed by atoms with E-state index < -0.39 is 0 Å². The van der Waals surface area contributed by atoms with Crippen molar-refractivity contribution in [3.05, 3.63) is 40.2 Å². The van der Waals surface area contributed by atoms with Crippen molar-refractivity contribution < 1.29 is 9.47 Å². The van der Waals surface area contributed by atoms with Crippen LogP contribution in [0.2, 0.25) is 0 Å². The molecule has 0 unspecified atom stereocenters. The smallest absolute Gasteiger partial charge is 0.329 e. The molecule has 26 heavy (non-hydrogen) atoms. The van der Waals surface area contributed by atoms with E-state index in [1.165, 1.54) is 19.3 Å². The topological polar surface area (TPSA) is 57.8 Å². The Morgan fingerprint density at radius 1 is 0.962 bits per heavy atom. The summed E-state index contributed by atoms with van der Waals surface area (Å²) in [6, 6.07) is 7.96. The normalized spacial score (nSPS) is 15.9. The van der Waals surface area contributed by atoms with Crippen LogP contribution in [0.15, 0.2) is 34.1 Å². The Kier molecular flexibility index (Phi) is 5.49. The molecule has 1 aliphatic carbocycles. The standard InChI is InChI=1S/C20H27N3O3/c1-22-16(14-10-11-17(25-3)18(12-14)26-4)13-19(23(2)20(22)24)21-15-8-6-5-7-9-15/h10-13,15H,5-9H2,1-4H3/b21-19-. The molecule has 0 N–H and O–H groups in total. The molecule has 1 saturated carbocycles. The van der Waals surface area contributed by atoms with Gasteiger partial charge in [-0.3, -0.25) is 14.1 Å². The summed E-state index contributed by atoms with van der Waals surface area (Å²) in [5, 5.41) is 0. The van der Waals surface area contributed by atoms with Crippen LogP contribution in [0.5, 0.6) is 11.5 Å². The number of aromatic nitrogens is 2. The molecule has 2 aromatic rings. The predicted octanol–water partition coefficient (Wildman–Crippen LogP) is 2.64. The Balaban J connectivity index is 2.13. The molecule has 6 nitrogen and oxygen atoms in total. The van der Waals surface area contributed by atoms with Crippen LogP contribution < -0.4 is 20.7 Å². The van der Waals surface area contributed by atoms with E-state index in [1.54, 1.807) is 37.4 Å². The first-order valence-corrected chi connectivity index (χ1v) is 9.08. The van der Waals surface area contributed by atoms with Crippen LogP contribution in [0.3, 0.4) is 0 Å². The molecular weight excluding hydrogens is 330 g/mol. The molecule has 1 aliphatic rings. The van der Waals surface area contributed by atoms with Crippen molar-refractivity contribution in [1.29, 1.82) is 0 Å². The Bertz CT molecular complexity index is 905. The third kappa shape index (κ3) is 3.54. The number of methoxy groups -OCH3 is 2. The Labute approximate surface area is 153 Å². The van der Waals surface area contributed by atoms with Crippen molar-refractivity contribution in [2.75, 3.05) is 14.2 Å². The van der Waals surface area contributed by atoms with E-state index in [1.807, 2.05) is 24.3 Å². The SMILES string of the molecule is COc1ccc(-c2c/c(=N/C3CCCCC3)n(C)c(=O)n2C)cc1OC. The molecule has 0 bridgehead atoms. The van der Waals surface area contributed by atoms with Gasteiger partial charge in [0.05, 0.1) is 26.0 Å². The molecule has 1 fully saturated rings. The first kappa shape index (κ1) is 18.3. The van der Waals surface area contributed by atoms with E-state index in [-0.39, 0.29) is 5.69 Å². The van der Waals surface area contributed by atoms with Crippen LogP contribution in [0.1, 0.15) is 32.1 Å². The van der Waals surface area contributed by atoms with Gasteiger partial charge in [-0.25, -0.2) is 4.79 Å². The molecule has 140 valence electrons. The highest BCUT2D eigenvalue weighted by Gasteiger charge is 2.14. The molecule has 0 radical (unpaired) electrons. The van der Waals surface area contributed by atoms with Gasteiger partial charge in [-0.05, 0) is 31.0 Å². The first-order valence-electron chi connectivity index (χ1n) is 9.08. The number of benzene rings is 1. The predicted molar refractivity (Wildman–Crippen MR) is 102 cm³/mol. The van der Waals surface area contributed by atoms with Gasteiger partial charge in [-0.2, -0.15) is 0 Å². The highest BCUT2D eigenvalue weighted by Crippen LogP contribution is 2.31. The third-order valence-electron chi connectivity index (χ3n) is 5.11. The van der Waals surface area contributed by atoms with Crippen molar-refractivity contribution >= 4 is 0 Å². The zero-order chi connectivity index (χ0) is 18.7. The Morgan fingerprint density at radius 3 is 2.31 bits per heavy atom. The van der Waals surface area contributed by atoms with Crippen molar-refractivity contribution in [3.63, 3.8) is 0 Å². The number of hydrogen-bond acceptors (Lipinski definition) is 4. The van der Waals surface area contributed by atoms with Crippen LogP contribution in [0, 0.1) is 0 Å². The van der Waals surface area contributed by atoms with E-state index in [9.17, 15) is 4.79 Å². The first-order chi connectivity index (χ1) is 12.5. The fourth-order valence-electron chi connectivity index (χ4n) is 3.54. The largest absolute Gasteiger partial charge is 0.493 e. The molecular formula is C20H27N3O3. The molecule has 0 saturated heterocycles. The van der Waals surface area contributed by atoms with Gasteiger partial charge in [-0.1, -0.05) is 19.3 Å². The van der Waals surface area contributed by atoms with Crippen LogP contribution in [-0.4, -0.2) is 29.4 Å². The van der Waals surface area contributed by atoms with Gasteiger partial charge in [0.25, 0.3) is 0 Å². The van der Waals surface area contributed by atoms with Crippen molar-refractivity contribution in [2.24, 2.45) is 19.1 Å². The van der Waals surface area contributed by atoms with Crippen LogP contribution in [-0.2, 0) is 14.1 Å². The second-order valence-corrected chi connectivity index (χ2v) is 6.78. The zero-order valence-electron chi connectivity index (χ0n) is 16.0. The third-order valence-corrected chi connectivity index (χ3v) is 5.11. The number of nitrogens with zero attached hydrogens (tertiary/aromatic N) is 3. The minimum absolute atomic E-state index is 0.0909.